The normalized spacial score (nSPS) is 15.4. The van der Waals surface area contributed by atoms with Gasteiger partial charge in [0.05, 0.1) is 0 Å². The van der Waals surface area contributed by atoms with Crippen molar-refractivity contribution in [3.05, 3.63) is 17.8 Å². The molecule has 2 amide bonds. The van der Waals surface area contributed by atoms with Crippen molar-refractivity contribution in [3.63, 3.8) is 0 Å². The van der Waals surface area contributed by atoms with Crippen LogP contribution in [0, 0.1) is 5.92 Å². The van der Waals surface area contributed by atoms with Crippen LogP contribution in [0.1, 0.15) is 50.5 Å². The zero-order valence-electron chi connectivity index (χ0n) is 14.7. The highest BCUT2D eigenvalue weighted by molar-refractivity contribution is 5.92. The maximum Gasteiger partial charge on any atom is 0.271 e. The molecule has 1 fully saturated rings. The van der Waals surface area contributed by atoms with Crippen LogP contribution in [0.2, 0.25) is 0 Å². The Hall–Kier alpha value is -2.18. The van der Waals surface area contributed by atoms with Gasteiger partial charge in [-0.3, -0.25) is 9.59 Å². The summed E-state index contributed by atoms with van der Waals surface area (Å²) < 4.78 is 0. The van der Waals surface area contributed by atoms with Gasteiger partial charge in [0, 0.05) is 32.1 Å². The third-order valence-corrected chi connectivity index (χ3v) is 4.15. The molecule has 2 heterocycles. The minimum absolute atomic E-state index is 0.0752. The van der Waals surface area contributed by atoms with Gasteiger partial charge in [-0.15, -0.1) is 10.2 Å². The van der Waals surface area contributed by atoms with E-state index in [1.807, 2.05) is 26.8 Å². The Morgan fingerprint density at radius 2 is 1.96 bits per heavy atom. The fourth-order valence-electron chi connectivity index (χ4n) is 2.70. The van der Waals surface area contributed by atoms with Gasteiger partial charge < -0.3 is 15.5 Å². The summed E-state index contributed by atoms with van der Waals surface area (Å²) in [5, 5.41) is 14.0. The molecular weight excluding hydrogens is 306 g/mol. The molecule has 7 heteroatoms. The molecule has 7 nitrogen and oxygen atoms in total. The van der Waals surface area contributed by atoms with Crippen LogP contribution in [0.5, 0.6) is 0 Å². The van der Waals surface area contributed by atoms with E-state index in [-0.39, 0.29) is 17.9 Å². The zero-order chi connectivity index (χ0) is 17.5. The summed E-state index contributed by atoms with van der Waals surface area (Å²) in [7, 11) is 0. The maximum atomic E-state index is 11.9. The summed E-state index contributed by atoms with van der Waals surface area (Å²) in [6.07, 6.45) is 2.56. The van der Waals surface area contributed by atoms with Crippen LogP contribution in [-0.2, 0) is 4.79 Å². The van der Waals surface area contributed by atoms with Gasteiger partial charge in [0.15, 0.2) is 11.5 Å². The second-order valence-electron chi connectivity index (χ2n) is 6.49. The molecule has 1 aromatic heterocycles. The molecule has 0 aromatic carbocycles. The Morgan fingerprint density at radius 3 is 2.50 bits per heavy atom. The van der Waals surface area contributed by atoms with Gasteiger partial charge in [-0.25, -0.2) is 0 Å². The molecule has 1 saturated heterocycles. The van der Waals surface area contributed by atoms with Crippen LogP contribution in [-0.4, -0.2) is 47.7 Å². The Labute approximate surface area is 143 Å². The van der Waals surface area contributed by atoms with Crippen molar-refractivity contribution in [2.75, 3.05) is 24.5 Å². The van der Waals surface area contributed by atoms with Crippen LogP contribution in [0.25, 0.3) is 0 Å². The average molecular weight is 333 g/mol. The number of nitrogens with one attached hydrogen (secondary N) is 2. The summed E-state index contributed by atoms with van der Waals surface area (Å²) in [5.74, 6) is 1.22. The minimum atomic E-state index is -0.200. The fraction of sp³-hybridized carbons (Fsp3) is 0.647. The molecule has 2 N–H and O–H groups in total. The highest BCUT2D eigenvalue weighted by Gasteiger charge is 2.21. The van der Waals surface area contributed by atoms with Crippen LogP contribution in [0.3, 0.4) is 0 Å². The molecule has 0 spiro atoms. The third kappa shape index (κ3) is 5.18. The molecule has 1 aromatic rings. The third-order valence-electron chi connectivity index (χ3n) is 4.15. The van der Waals surface area contributed by atoms with E-state index in [9.17, 15) is 9.59 Å². The highest BCUT2D eigenvalue weighted by Crippen LogP contribution is 2.21. The van der Waals surface area contributed by atoms with Crippen LogP contribution in [0.4, 0.5) is 5.82 Å². The van der Waals surface area contributed by atoms with E-state index in [1.165, 1.54) is 0 Å². The second kappa shape index (κ2) is 8.61. The molecule has 1 aliphatic rings. The van der Waals surface area contributed by atoms with Crippen molar-refractivity contribution in [2.24, 2.45) is 5.92 Å². The quantitative estimate of drug-likeness (QED) is 0.821. The van der Waals surface area contributed by atoms with Crippen molar-refractivity contribution in [2.45, 2.75) is 46.1 Å². The predicted octanol–water partition coefficient (Wildman–Crippen LogP) is 1.36. The lowest BCUT2D eigenvalue weighted by atomic mass is 9.97. The standard InChI is InChI=1S/C17H27N5O2/c1-4-16(23)18-11-13-7-9-22(10-8-13)15-6-5-14(20-21-15)17(24)19-12(2)3/h5-6,12-13H,4,7-11H2,1-3H3,(H,18,23)(H,19,24). The van der Waals surface area contributed by atoms with E-state index < -0.39 is 0 Å². The number of carbonyl (C=O) groups excluding carboxylic acids is 2. The monoisotopic (exact) mass is 333 g/mol. The van der Waals surface area contributed by atoms with Crippen LogP contribution in [0.15, 0.2) is 12.1 Å². The molecule has 0 unspecified atom stereocenters. The first-order valence-corrected chi connectivity index (χ1v) is 8.65. The van der Waals surface area contributed by atoms with E-state index in [1.54, 1.807) is 6.07 Å². The van der Waals surface area contributed by atoms with Crippen molar-refractivity contribution in [3.8, 4) is 0 Å². The number of amides is 2. The number of nitrogens with zero attached hydrogens (tertiary/aromatic N) is 3. The summed E-state index contributed by atoms with van der Waals surface area (Å²) in [4.78, 5) is 25.4. The average Bonchev–Trinajstić information content (AvgIpc) is 2.59. The van der Waals surface area contributed by atoms with E-state index in [0.717, 1.165) is 38.3 Å². The molecule has 24 heavy (non-hydrogen) atoms. The smallest absolute Gasteiger partial charge is 0.271 e. The number of piperidine rings is 1. The molecular formula is C17H27N5O2. The molecule has 1 aliphatic heterocycles. The summed E-state index contributed by atoms with van der Waals surface area (Å²) >= 11 is 0. The molecule has 0 bridgehead atoms. The predicted molar refractivity (Wildman–Crippen MR) is 92.9 cm³/mol. The topological polar surface area (TPSA) is 87.2 Å². The number of aromatic nitrogens is 2. The Kier molecular flexibility index (Phi) is 6.52. The molecule has 2 rings (SSSR count). The van der Waals surface area contributed by atoms with Crippen molar-refractivity contribution >= 4 is 17.6 Å². The number of carbonyl (C=O) groups is 2. The molecule has 132 valence electrons. The van der Waals surface area contributed by atoms with Crippen LogP contribution >= 0.6 is 0 Å². The van der Waals surface area contributed by atoms with Crippen LogP contribution < -0.4 is 15.5 Å². The van der Waals surface area contributed by atoms with Crippen molar-refractivity contribution < 1.29 is 9.59 Å². The van der Waals surface area contributed by atoms with Gasteiger partial charge in [-0.1, -0.05) is 6.92 Å². The van der Waals surface area contributed by atoms with Gasteiger partial charge in [0.25, 0.3) is 5.91 Å². The zero-order valence-corrected chi connectivity index (χ0v) is 14.7. The summed E-state index contributed by atoms with van der Waals surface area (Å²) in [6, 6.07) is 3.64. The van der Waals surface area contributed by atoms with Gasteiger partial charge in [-0.05, 0) is 44.7 Å². The Bertz CT molecular complexity index is 551. The summed E-state index contributed by atoms with van der Waals surface area (Å²) in [6.45, 7) is 8.21. The lowest BCUT2D eigenvalue weighted by Gasteiger charge is -2.32. The maximum absolute atomic E-state index is 11.9. The number of hydrogen-bond donors (Lipinski definition) is 2. The number of rotatable bonds is 6. The molecule has 0 atom stereocenters. The first-order valence-electron chi connectivity index (χ1n) is 8.65. The fourth-order valence-corrected chi connectivity index (χ4v) is 2.70. The van der Waals surface area contributed by atoms with Gasteiger partial charge >= 0.3 is 0 Å². The lowest BCUT2D eigenvalue weighted by Crippen LogP contribution is -2.39. The van der Waals surface area contributed by atoms with Gasteiger partial charge in [-0.2, -0.15) is 0 Å². The second-order valence-corrected chi connectivity index (χ2v) is 6.49. The van der Waals surface area contributed by atoms with E-state index >= 15 is 0 Å². The number of hydrogen-bond acceptors (Lipinski definition) is 5. The minimum Gasteiger partial charge on any atom is -0.356 e. The Morgan fingerprint density at radius 1 is 1.25 bits per heavy atom. The number of anilines is 1. The molecule has 0 aliphatic carbocycles. The lowest BCUT2D eigenvalue weighted by molar-refractivity contribution is -0.121. The largest absolute Gasteiger partial charge is 0.356 e. The summed E-state index contributed by atoms with van der Waals surface area (Å²) in [5.41, 5.74) is 0.338. The highest BCUT2D eigenvalue weighted by atomic mass is 16.2. The van der Waals surface area contributed by atoms with Gasteiger partial charge in [0.1, 0.15) is 0 Å². The van der Waals surface area contributed by atoms with Crippen molar-refractivity contribution in [1.82, 2.24) is 20.8 Å². The van der Waals surface area contributed by atoms with E-state index in [2.05, 4.69) is 25.7 Å². The SMILES string of the molecule is CCC(=O)NCC1CCN(c2ccc(C(=O)NC(C)C)nn2)CC1. The van der Waals surface area contributed by atoms with E-state index in [0.29, 0.717) is 18.0 Å². The van der Waals surface area contributed by atoms with Gasteiger partial charge in [0.2, 0.25) is 5.91 Å². The van der Waals surface area contributed by atoms with Crippen molar-refractivity contribution in [1.29, 1.82) is 0 Å². The molecule has 0 saturated carbocycles. The molecule has 0 radical (unpaired) electrons. The Balaban J connectivity index is 1.83. The first-order chi connectivity index (χ1) is 11.5. The van der Waals surface area contributed by atoms with E-state index in [4.69, 9.17) is 0 Å². The first kappa shape index (κ1) is 18.2.